The molecule has 0 N–H and O–H groups in total. The van der Waals surface area contributed by atoms with Crippen LogP contribution in [0.4, 0.5) is 5.69 Å². The molecule has 1 aliphatic heterocycles. The predicted molar refractivity (Wildman–Crippen MR) is 141 cm³/mol. The molecule has 2 aliphatic rings. The van der Waals surface area contributed by atoms with Crippen LogP contribution in [0.1, 0.15) is 29.5 Å². The van der Waals surface area contributed by atoms with Crippen LogP contribution in [0.25, 0.3) is 0 Å². The number of halogens is 1. The number of nitrogens with zero attached hydrogens (tertiary/aromatic N) is 2. The van der Waals surface area contributed by atoms with Crippen LogP contribution in [0.2, 0.25) is 0 Å². The minimum absolute atomic E-state index is 0.0948. The molecule has 1 aliphatic carbocycles. The van der Waals surface area contributed by atoms with Gasteiger partial charge in [-0.05, 0) is 47.4 Å². The van der Waals surface area contributed by atoms with E-state index < -0.39 is 0 Å². The first-order valence-electron chi connectivity index (χ1n) is 12.3. The number of hydrogen-bond donors (Lipinski definition) is 0. The van der Waals surface area contributed by atoms with Gasteiger partial charge in [0.1, 0.15) is 0 Å². The fourth-order valence-corrected chi connectivity index (χ4v) is 6.78. The van der Waals surface area contributed by atoms with Gasteiger partial charge in [0.15, 0.2) is 0 Å². The fraction of sp³-hybridized carbons (Fsp3) is 0.367. The Hall–Kier alpha value is -2.78. The zero-order valence-corrected chi connectivity index (χ0v) is 20.8. The van der Waals surface area contributed by atoms with Gasteiger partial charge in [-0.1, -0.05) is 78.9 Å². The summed E-state index contributed by atoms with van der Waals surface area (Å²) in [7, 11) is 4.06. The summed E-state index contributed by atoms with van der Waals surface area (Å²) in [6.45, 7) is 1.49. The van der Waals surface area contributed by atoms with Gasteiger partial charge in [0.05, 0.1) is 6.42 Å². The lowest BCUT2D eigenvalue weighted by Crippen LogP contribution is -2.47. The van der Waals surface area contributed by atoms with Gasteiger partial charge in [-0.15, -0.1) is 11.6 Å². The number of fused-ring (bicyclic) bond motifs is 1. The summed E-state index contributed by atoms with van der Waals surface area (Å²) in [5.41, 5.74) is 4.73. The molecule has 4 heteroatoms. The van der Waals surface area contributed by atoms with Crippen LogP contribution in [0, 0.1) is 11.8 Å². The Balaban J connectivity index is 1.49. The first-order valence-corrected chi connectivity index (χ1v) is 12.7. The standard InChI is InChI=1S/C30H33ClN2O/c1-32(2)28-16-10-9-11-22(28)19-29(34)33-20-25-26(21-33)30(18-17-27(25)31,23-12-5-3-6-13-23)24-14-7-4-8-15-24/h3-16,25-27H,17-21H2,1-2H3/t25-,26+,27+/m0/s1. The smallest absolute Gasteiger partial charge is 0.227 e. The summed E-state index contributed by atoms with van der Waals surface area (Å²) in [5.74, 6) is 0.771. The number of alkyl halides is 1. The molecule has 3 aromatic rings. The van der Waals surface area contributed by atoms with E-state index in [0.717, 1.165) is 37.2 Å². The van der Waals surface area contributed by atoms with Crippen molar-refractivity contribution < 1.29 is 4.79 Å². The Kier molecular flexibility index (Phi) is 6.40. The molecule has 2 fully saturated rings. The number of hydrogen-bond acceptors (Lipinski definition) is 2. The lowest BCUT2D eigenvalue weighted by molar-refractivity contribution is -0.129. The van der Waals surface area contributed by atoms with Crippen LogP contribution < -0.4 is 4.90 Å². The van der Waals surface area contributed by atoms with Crippen LogP contribution in [0.5, 0.6) is 0 Å². The number of benzene rings is 3. The average molecular weight is 473 g/mol. The quantitative estimate of drug-likeness (QED) is 0.441. The molecular weight excluding hydrogens is 440 g/mol. The molecule has 1 saturated carbocycles. The van der Waals surface area contributed by atoms with Gasteiger partial charge < -0.3 is 9.80 Å². The molecular formula is C30H33ClN2O. The minimum atomic E-state index is -0.130. The Morgan fingerprint density at radius 3 is 2.12 bits per heavy atom. The highest BCUT2D eigenvalue weighted by atomic mass is 35.5. The summed E-state index contributed by atoms with van der Waals surface area (Å²) in [6, 6.07) is 29.9. The normalized spacial score (nSPS) is 23.4. The molecule has 34 heavy (non-hydrogen) atoms. The van der Waals surface area contributed by atoms with Crippen molar-refractivity contribution >= 4 is 23.2 Å². The molecule has 3 nitrogen and oxygen atoms in total. The highest BCUT2D eigenvalue weighted by molar-refractivity contribution is 6.21. The van der Waals surface area contributed by atoms with Crippen LogP contribution in [-0.4, -0.2) is 43.4 Å². The molecule has 1 heterocycles. The first kappa shape index (κ1) is 23.0. The van der Waals surface area contributed by atoms with Gasteiger partial charge in [0, 0.05) is 43.7 Å². The average Bonchev–Trinajstić information content (AvgIpc) is 3.33. The van der Waals surface area contributed by atoms with E-state index in [1.807, 2.05) is 26.2 Å². The molecule has 0 aromatic heterocycles. The number of carbonyl (C=O) groups excluding carboxylic acids is 1. The zero-order chi connectivity index (χ0) is 23.7. The van der Waals surface area contributed by atoms with E-state index in [-0.39, 0.29) is 22.6 Å². The Bertz CT molecular complexity index is 1090. The summed E-state index contributed by atoms with van der Waals surface area (Å²) in [6.07, 6.45) is 2.38. The predicted octanol–water partition coefficient (Wildman–Crippen LogP) is 5.76. The van der Waals surface area contributed by atoms with Crippen molar-refractivity contribution in [1.82, 2.24) is 4.90 Å². The van der Waals surface area contributed by atoms with E-state index in [2.05, 4.69) is 82.6 Å². The molecule has 1 saturated heterocycles. The van der Waals surface area contributed by atoms with Gasteiger partial charge in [0.2, 0.25) is 5.91 Å². The van der Waals surface area contributed by atoms with Crippen molar-refractivity contribution in [3.8, 4) is 0 Å². The molecule has 5 rings (SSSR count). The van der Waals surface area contributed by atoms with Crippen molar-refractivity contribution in [3.63, 3.8) is 0 Å². The Morgan fingerprint density at radius 1 is 0.912 bits per heavy atom. The number of carbonyl (C=O) groups is 1. The SMILES string of the molecule is CN(C)c1ccccc1CC(=O)N1C[C@@H]2[C@H](Cl)CCC(c3ccccc3)(c3ccccc3)[C@@H]2C1. The maximum atomic E-state index is 13.6. The number of rotatable bonds is 5. The van der Waals surface area contributed by atoms with Crippen molar-refractivity contribution in [2.24, 2.45) is 11.8 Å². The number of para-hydroxylation sites is 1. The van der Waals surface area contributed by atoms with E-state index >= 15 is 0 Å². The number of anilines is 1. The van der Waals surface area contributed by atoms with Crippen LogP contribution in [0.3, 0.4) is 0 Å². The highest BCUT2D eigenvalue weighted by Crippen LogP contribution is 2.54. The summed E-state index contributed by atoms with van der Waals surface area (Å²) in [5, 5.41) is 0.0948. The molecule has 0 bridgehead atoms. The van der Waals surface area contributed by atoms with E-state index in [4.69, 9.17) is 11.6 Å². The van der Waals surface area contributed by atoms with Crippen molar-refractivity contribution in [3.05, 3.63) is 102 Å². The maximum Gasteiger partial charge on any atom is 0.227 e. The Morgan fingerprint density at radius 2 is 1.50 bits per heavy atom. The first-order chi connectivity index (χ1) is 16.5. The largest absolute Gasteiger partial charge is 0.377 e. The number of amides is 1. The van der Waals surface area contributed by atoms with Crippen molar-refractivity contribution in [1.29, 1.82) is 0 Å². The lowest BCUT2D eigenvalue weighted by atomic mass is 9.56. The van der Waals surface area contributed by atoms with E-state index in [1.165, 1.54) is 11.1 Å². The van der Waals surface area contributed by atoms with Gasteiger partial charge in [-0.2, -0.15) is 0 Å². The fourth-order valence-electron chi connectivity index (χ4n) is 6.41. The molecule has 3 atom stereocenters. The van der Waals surface area contributed by atoms with Crippen LogP contribution >= 0.6 is 11.6 Å². The van der Waals surface area contributed by atoms with E-state index in [0.29, 0.717) is 12.3 Å². The third kappa shape index (κ3) is 4.01. The topological polar surface area (TPSA) is 23.6 Å². The third-order valence-electron chi connectivity index (χ3n) is 8.02. The zero-order valence-electron chi connectivity index (χ0n) is 20.0. The molecule has 176 valence electrons. The Labute approximate surface area is 208 Å². The molecule has 0 spiro atoms. The number of likely N-dealkylation sites (tertiary alicyclic amines) is 1. The van der Waals surface area contributed by atoms with E-state index in [1.54, 1.807) is 0 Å². The highest BCUT2D eigenvalue weighted by Gasteiger charge is 2.54. The lowest BCUT2D eigenvalue weighted by Gasteiger charge is -2.48. The molecule has 3 aromatic carbocycles. The second-order valence-electron chi connectivity index (χ2n) is 10.0. The van der Waals surface area contributed by atoms with Crippen molar-refractivity contribution in [2.75, 3.05) is 32.1 Å². The van der Waals surface area contributed by atoms with Gasteiger partial charge >= 0.3 is 0 Å². The monoisotopic (exact) mass is 472 g/mol. The van der Waals surface area contributed by atoms with Crippen molar-refractivity contribution in [2.45, 2.75) is 30.1 Å². The molecule has 0 radical (unpaired) electrons. The van der Waals surface area contributed by atoms with E-state index in [9.17, 15) is 4.79 Å². The maximum absolute atomic E-state index is 13.6. The van der Waals surface area contributed by atoms with Gasteiger partial charge in [0.25, 0.3) is 0 Å². The third-order valence-corrected chi connectivity index (χ3v) is 8.56. The van der Waals surface area contributed by atoms with Crippen LogP contribution in [0.15, 0.2) is 84.9 Å². The second-order valence-corrected chi connectivity index (χ2v) is 10.6. The summed E-state index contributed by atoms with van der Waals surface area (Å²) < 4.78 is 0. The summed E-state index contributed by atoms with van der Waals surface area (Å²) >= 11 is 6.97. The summed E-state index contributed by atoms with van der Waals surface area (Å²) in [4.78, 5) is 17.8. The van der Waals surface area contributed by atoms with Crippen LogP contribution in [-0.2, 0) is 16.6 Å². The van der Waals surface area contributed by atoms with Gasteiger partial charge in [-0.3, -0.25) is 4.79 Å². The molecule has 1 amide bonds. The second kappa shape index (κ2) is 9.46. The van der Waals surface area contributed by atoms with Gasteiger partial charge in [-0.25, -0.2) is 0 Å². The minimum Gasteiger partial charge on any atom is -0.377 e. The molecule has 0 unspecified atom stereocenters.